The number of nitrogens with zero attached hydrogens (tertiary/aromatic N) is 3. The molecule has 6 nitrogen and oxygen atoms in total. The van der Waals surface area contributed by atoms with Crippen molar-refractivity contribution in [2.75, 3.05) is 17.2 Å². The zero-order chi connectivity index (χ0) is 12.6. The lowest BCUT2D eigenvalue weighted by Gasteiger charge is -2.22. The number of rotatable bonds is 2. The number of hydrogen-bond donors (Lipinski definition) is 1. The lowest BCUT2D eigenvalue weighted by molar-refractivity contribution is -0.384. The molecule has 0 amide bonds. The second-order valence-electron chi connectivity index (χ2n) is 4.68. The number of nitro groups is 1. The van der Waals surface area contributed by atoms with E-state index in [0.717, 1.165) is 13.0 Å². The van der Waals surface area contributed by atoms with Crippen LogP contribution in [0.15, 0.2) is 12.1 Å². The van der Waals surface area contributed by atoms with Gasteiger partial charge < -0.3 is 10.6 Å². The highest BCUT2D eigenvalue weighted by atomic mass is 16.6. The SMILES string of the molecule is CC1CC(C)N(c2nc(N)ccc2[N+](=O)[O-])C1. The Labute approximate surface area is 99.6 Å². The summed E-state index contributed by atoms with van der Waals surface area (Å²) >= 11 is 0. The number of hydrogen-bond acceptors (Lipinski definition) is 5. The summed E-state index contributed by atoms with van der Waals surface area (Å²) in [6, 6.07) is 3.15. The molecule has 1 saturated heterocycles. The van der Waals surface area contributed by atoms with Crippen LogP contribution in [0.4, 0.5) is 17.3 Å². The fourth-order valence-corrected chi connectivity index (χ4v) is 2.40. The van der Waals surface area contributed by atoms with Crippen LogP contribution in [0.5, 0.6) is 0 Å². The Hall–Kier alpha value is -1.85. The third-order valence-corrected chi connectivity index (χ3v) is 3.13. The summed E-state index contributed by atoms with van der Waals surface area (Å²) in [5.74, 6) is 1.23. The van der Waals surface area contributed by atoms with E-state index in [9.17, 15) is 10.1 Å². The predicted molar refractivity (Wildman–Crippen MR) is 65.9 cm³/mol. The third kappa shape index (κ3) is 2.15. The molecule has 0 spiro atoms. The monoisotopic (exact) mass is 236 g/mol. The van der Waals surface area contributed by atoms with E-state index in [0.29, 0.717) is 17.6 Å². The van der Waals surface area contributed by atoms with E-state index >= 15 is 0 Å². The van der Waals surface area contributed by atoms with E-state index in [1.54, 1.807) is 0 Å². The topological polar surface area (TPSA) is 85.3 Å². The van der Waals surface area contributed by atoms with E-state index in [1.807, 2.05) is 4.90 Å². The van der Waals surface area contributed by atoms with Gasteiger partial charge in [-0.2, -0.15) is 0 Å². The molecule has 0 aromatic carbocycles. The molecular formula is C11H16N4O2. The second kappa shape index (κ2) is 4.20. The Balaban J connectivity index is 2.43. The Morgan fingerprint density at radius 3 is 2.76 bits per heavy atom. The molecule has 92 valence electrons. The fraction of sp³-hybridized carbons (Fsp3) is 0.545. The van der Waals surface area contributed by atoms with Crippen molar-refractivity contribution < 1.29 is 4.92 Å². The van der Waals surface area contributed by atoms with Gasteiger partial charge in [-0.25, -0.2) is 4.98 Å². The molecule has 1 aromatic rings. The molecule has 6 heteroatoms. The van der Waals surface area contributed by atoms with Gasteiger partial charge in [0.25, 0.3) is 0 Å². The van der Waals surface area contributed by atoms with Gasteiger partial charge in [-0.15, -0.1) is 0 Å². The number of pyridine rings is 1. The molecule has 0 saturated carbocycles. The van der Waals surface area contributed by atoms with Gasteiger partial charge in [-0.3, -0.25) is 10.1 Å². The van der Waals surface area contributed by atoms with E-state index < -0.39 is 4.92 Å². The Morgan fingerprint density at radius 2 is 2.24 bits per heavy atom. The smallest absolute Gasteiger partial charge is 0.311 e. The normalized spacial score (nSPS) is 24.0. The first-order chi connectivity index (χ1) is 7.99. The van der Waals surface area contributed by atoms with Gasteiger partial charge in [0, 0.05) is 18.7 Å². The van der Waals surface area contributed by atoms with Crippen molar-refractivity contribution >= 4 is 17.3 Å². The van der Waals surface area contributed by atoms with Gasteiger partial charge in [0.05, 0.1) is 4.92 Å². The van der Waals surface area contributed by atoms with Crippen molar-refractivity contribution in [3.63, 3.8) is 0 Å². The van der Waals surface area contributed by atoms with Crippen molar-refractivity contribution in [3.8, 4) is 0 Å². The molecule has 2 rings (SSSR count). The Kier molecular flexibility index (Phi) is 2.87. The standard InChI is InChI=1S/C11H16N4O2/c1-7-5-8(2)14(6-7)11-9(15(16)17)3-4-10(12)13-11/h3-4,7-8H,5-6H2,1-2H3,(H2,12,13). The van der Waals surface area contributed by atoms with Crippen LogP contribution >= 0.6 is 0 Å². The van der Waals surface area contributed by atoms with E-state index in [1.165, 1.54) is 12.1 Å². The summed E-state index contributed by atoms with van der Waals surface area (Å²) in [5.41, 5.74) is 5.64. The molecule has 2 atom stereocenters. The maximum absolute atomic E-state index is 11.0. The zero-order valence-electron chi connectivity index (χ0n) is 9.96. The molecule has 2 heterocycles. The molecule has 0 radical (unpaired) electrons. The lowest BCUT2D eigenvalue weighted by Crippen LogP contribution is -2.28. The molecule has 0 bridgehead atoms. The minimum atomic E-state index is -0.405. The van der Waals surface area contributed by atoms with Crippen molar-refractivity contribution in [1.82, 2.24) is 4.98 Å². The Morgan fingerprint density at radius 1 is 1.53 bits per heavy atom. The van der Waals surface area contributed by atoms with Crippen LogP contribution in [0.3, 0.4) is 0 Å². The average molecular weight is 236 g/mol. The van der Waals surface area contributed by atoms with Crippen LogP contribution in [-0.4, -0.2) is 22.5 Å². The van der Waals surface area contributed by atoms with E-state index in [-0.39, 0.29) is 11.7 Å². The van der Waals surface area contributed by atoms with Crippen LogP contribution in [0.2, 0.25) is 0 Å². The van der Waals surface area contributed by atoms with Gasteiger partial charge in [-0.05, 0) is 25.3 Å². The van der Waals surface area contributed by atoms with Crippen LogP contribution in [0.1, 0.15) is 20.3 Å². The summed E-state index contributed by atoms with van der Waals surface area (Å²) < 4.78 is 0. The molecule has 1 aliphatic heterocycles. The Bertz CT molecular complexity index is 449. The molecule has 1 fully saturated rings. The predicted octanol–water partition coefficient (Wildman–Crippen LogP) is 1.81. The number of nitrogens with two attached hydrogens (primary N) is 1. The van der Waals surface area contributed by atoms with Gasteiger partial charge in [-0.1, -0.05) is 6.92 Å². The summed E-state index contributed by atoms with van der Waals surface area (Å²) in [6.45, 7) is 4.98. The largest absolute Gasteiger partial charge is 0.384 e. The lowest BCUT2D eigenvalue weighted by atomic mass is 10.1. The third-order valence-electron chi connectivity index (χ3n) is 3.13. The van der Waals surface area contributed by atoms with Crippen LogP contribution in [0, 0.1) is 16.0 Å². The minimum Gasteiger partial charge on any atom is -0.384 e. The van der Waals surface area contributed by atoms with Gasteiger partial charge in [0.2, 0.25) is 5.82 Å². The maximum Gasteiger partial charge on any atom is 0.311 e. The number of nitrogen functional groups attached to an aromatic ring is 1. The first-order valence-electron chi connectivity index (χ1n) is 5.66. The second-order valence-corrected chi connectivity index (χ2v) is 4.68. The molecular weight excluding hydrogens is 220 g/mol. The minimum absolute atomic E-state index is 0.0279. The molecule has 17 heavy (non-hydrogen) atoms. The zero-order valence-corrected chi connectivity index (χ0v) is 9.96. The highest BCUT2D eigenvalue weighted by molar-refractivity contribution is 5.62. The van der Waals surface area contributed by atoms with Crippen molar-refractivity contribution in [3.05, 3.63) is 22.2 Å². The number of anilines is 2. The molecule has 1 aromatic heterocycles. The van der Waals surface area contributed by atoms with Crippen molar-refractivity contribution in [1.29, 1.82) is 0 Å². The summed E-state index contributed by atoms with van der Waals surface area (Å²) in [5, 5.41) is 11.0. The average Bonchev–Trinajstić information content (AvgIpc) is 2.57. The van der Waals surface area contributed by atoms with Crippen molar-refractivity contribution in [2.45, 2.75) is 26.3 Å². The summed E-state index contributed by atoms with van der Waals surface area (Å²) in [7, 11) is 0. The van der Waals surface area contributed by atoms with Crippen LogP contribution in [-0.2, 0) is 0 Å². The number of aromatic nitrogens is 1. The van der Waals surface area contributed by atoms with E-state index in [4.69, 9.17) is 5.73 Å². The van der Waals surface area contributed by atoms with Crippen LogP contribution in [0.25, 0.3) is 0 Å². The fourth-order valence-electron chi connectivity index (χ4n) is 2.40. The first kappa shape index (κ1) is 11.6. The van der Waals surface area contributed by atoms with Gasteiger partial charge in [0.15, 0.2) is 0 Å². The quantitative estimate of drug-likeness (QED) is 0.625. The molecule has 0 aliphatic carbocycles. The molecule has 2 N–H and O–H groups in total. The van der Waals surface area contributed by atoms with Gasteiger partial charge in [0.1, 0.15) is 5.82 Å². The van der Waals surface area contributed by atoms with E-state index in [2.05, 4.69) is 18.8 Å². The first-order valence-corrected chi connectivity index (χ1v) is 5.66. The highest BCUT2D eigenvalue weighted by Crippen LogP contribution is 2.34. The summed E-state index contributed by atoms with van der Waals surface area (Å²) in [4.78, 5) is 16.7. The van der Waals surface area contributed by atoms with Crippen LogP contribution < -0.4 is 10.6 Å². The summed E-state index contributed by atoms with van der Waals surface area (Å²) in [6.07, 6.45) is 1.02. The highest BCUT2D eigenvalue weighted by Gasteiger charge is 2.31. The molecule has 2 unspecified atom stereocenters. The van der Waals surface area contributed by atoms with Crippen molar-refractivity contribution in [2.24, 2.45) is 5.92 Å². The molecule has 1 aliphatic rings. The van der Waals surface area contributed by atoms with Gasteiger partial charge >= 0.3 is 5.69 Å². The maximum atomic E-state index is 11.0.